The summed E-state index contributed by atoms with van der Waals surface area (Å²) in [4.78, 5) is 17.2. The van der Waals surface area contributed by atoms with Crippen molar-refractivity contribution in [1.82, 2.24) is 9.80 Å². The van der Waals surface area contributed by atoms with E-state index in [0.29, 0.717) is 18.7 Å². The molecular weight excluding hydrogens is 376 g/mol. The van der Waals surface area contributed by atoms with Crippen molar-refractivity contribution in [3.05, 3.63) is 35.9 Å². The fraction of sp³-hybridized carbons (Fsp3) is 0.636. The lowest BCUT2D eigenvalue weighted by Gasteiger charge is -2.43. The Bertz CT molecular complexity index is 765. The molecule has 0 radical (unpaired) electrons. The lowest BCUT2D eigenvalue weighted by Crippen LogP contribution is -2.54. The maximum atomic E-state index is 14.0. The van der Waals surface area contributed by atoms with Crippen molar-refractivity contribution in [1.29, 1.82) is 5.41 Å². The van der Waals surface area contributed by atoms with Gasteiger partial charge >= 0.3 is 0 Å². The zero-order valence-corrected chi connectivity index (χ0v) is 16.6. The van der Waals surface area contributed by atoms with Crippen molar-refractivity contribution in [3.63, 3.8) is 0 Å². The topological polar surface area (TPSA) is 67.6 Å². The minimum atomic E-state index is -2.83. The standard InChI is InChI=1S/C22H29F2N3O2/c23-21(24)7-6-18(14-21)22(29,17-4-2-1-3-5-17)19(28)27-12-9-20(10-13-27)8-11-26(15-20)16-25/h1-5,16,18,25,29H,6-15H2/t18-,22+/m1/s1. The second kappa shape index (κ2) is 7.35. The van der Waals surface area contributed by atoms with E-state index >= 15 is 0 Å². The fourth-order valence-electron chi connectivity index (χ4n) is 5.45. The summed E-state index contributed by atoms with van der Waals surface area (Å²) in [7, 11) is 0. The largest absolute Gasteiger partial charge is 0.375 e. The summed E-state index contributed by atoms with van der Waals surface area (Å²) in [5, 5.41) is 19.1. The maximum absolute atomic E-state index is 14.0. The van der Waals surface area contributed by atoms with Gasteiger partial charge in [0.05, 0.1) is 6.34 Å². The first-order valence-electron chi connectivity index (χ1n) is 10.5. The molecule has 1 aromatic rings. The number of piperidine rings is 1. The van der Waals surface area contributed by atoms with Crippen LogP contribution in [0.5, 0.6) is 0 Å². The lowest BCUT2D eigenvalue weighted by atomic mass is 9.75. The van der Waals surface area contributed by atoms with E-state index in [4.69, 9.17) is 5.41 Å². The SMILES string of the molecule is N=CN1CCC2(CCN(C(=O)[C@](O)(c3ccccc3)[C@@H]3CCC(F)(F)C3)CC2)C1. The van der Waals surface area contributed by atoms with Crippen LogP contribution in [0.25, 0.3) is 0 Å². The first-order chi connectivity index (χ1) is 13.8. The van der Waals surface area contributed by atoms with Crippen molar-refractivity contribution < 1.29 is 18.7 Å². The average Bonchev–Trinajstić information content (AvgIpc) is 3.31. The number of aliphatic hydroxyl groups is 1. The first-order valence-corrected chi connectivity index (χ1v) is 10.5. The van der Waals surface area contributed by atoms with Crippen molar-refractivity contribution in [2.24, 2.45) is 11.3 Å². The number of hydrogen-bond donors (Lipinski definition) is 2. The predicted molar refractivity (Wildman–Crippen MR) is 106 cm³/mol. The number of rotatable bonds is 4. The van der Waals surface area contributed by atoms with Crippen LogP contribution in [0.2, 0.25) is 0 Å². The number of halogens is 2. The number of hydrogen-bond acceptors (Lipinski definition) is 3. The van der Waals surface area contributed by atoms with Crippen molar-refractivity contribution in [2.45, 2.75) is 50.0 Å². The molecule has 1 saturated carbocycles. The smallest absolute Gasteiger partial charge is 0.259 e. The molecule has 1 aromatic carbocycles. The summed E-state index contributed by atoms with van der Waals surface area (Å²) >= 11 is 0. The van der Waals surface area contributed by atoms with Crippen LogP contribution >= 0.6 is 0 Å². The van der Waals surface area contributed by atoms with E-state index in [-0.39, 0.29) is 18.3 Å². The zero-order valence-electron chi connectivity index (χ0n) is 16.6. The molecule has 0 unspecified atom stereocenters. The number of carbonyl (C=O) groups is 1. The monoisotopic (exact) mass is 405 g/mol. The van der Waals surface area contributed by atoms with Gasteiger partial charge in [-0.2, -0.15) is 0 Å². The Balaban J connectivity index is 1.55. The third kappa shape index (κ3) is 3.65. The molecule has 5 nitrogen and oxygen atoms in total. The van der Waals surface area contributed by atoms with Crippen LogP contribution in [-0.2, 0) is 10.4 Å². The highest BCUT2D eigenvalue weighted by Gasteiger charge is 2.55. The highest BCUT2D eigenvalue weighted by molar-refractivity contribution is 5.87. The lowest BCUT2D eigenvalue weighted by molar-refractivity contribution is -0.162. The van der Waals surface area contributed by atoms with Crippen LogP contribution in [0.4, 0.5) is 8.78 Å². The highest BCUT2D eigenvalue weighted by atomic mass is 19.3. The Morgan fingerprint density at radius 1 is 1.14 bits per heavy atom. The van der Waals surface area contributed by atoms with E-state index in [0.717, 1.165) is 32.4 Å². The predicted octanol–water partition coefficient (Wildman–Crippen LogP) is 3.23. The summed E-state index contributed by atoms with van der Waals surface area (Å²) in [5.74, 6) is -4.06. The molecule has 3 aliphatic rings. The van der Waals surface area contributed by atoms with Gasteiger partial charge in [-0.25, -0.2) is 8.78 Å². The van der Waals surface area contributed by atoms with Gasteiger partial charge in [-0.15, -0.1) is 0 Å². The van der Waals surface area contributed by atoms with Crippen LogP contribution < -0.4 is 0 Å². The molecule has 0 bridgehead atoms. The van der Waals surface area contributed by atoms with Crippen LogP contribution in [0.15, 0.2) is 30.3 Å². The number of nitrogens with one attached hydrogen (secondary N) is 1. The van der Waals surface area contributed by atoms with E-state index in [2.05, 4.69) is 0 Å². The summed E-state index contributed by atoms with van der Waals surface area (Å²) in [6, 6.07) is 8.58. The van der Waals surface area contributed by atoms with Gasteiger partial charge in [0.2, 0.25) is 5.92 Å². The normalized spacial score (nSPS) is 27.8. The van der Waals surface area contributed by atoms with Gasteiger partial charge in [-0.05, 0) is 36.7 Å². The number of alkyl halides is 2. The molecule has 3 fully saturated rings. The van der Waals surface area contributed by atoms with Crippen LogP contribution in [0, 0.1) is 16.7 Å². The third-order valence-corrected chi connectivity index (χ3v) is 7.30. The summed E-state index contributed by atoms with van der Waals surface area (Å²) in [6.45, 7) is 2.73. The Kier molecular flexibility index (Phi) is 5.13. The van der Waals surface area contributed by atoms with Gasteiger partial charge in [0, 0.05) is 44.9 Å². The molecule has 1 spiro atoms. The molecule has 2 N–H and O–H groups in total. The third-order valence-electron chi connectivity index (χ3n) is 7.30. The van der Waals surface area contributed by atoms with E-state index in [9.17, 15) is 18.7 Å². The summed E-state index contributed by atoms with van der Waals surface area (Å²) in [6.07, 6.45) is 3.39. The molecule has 2 heterocycles. The minimum Gasteiger partial charge on any atom is -0.375 e. The van der Waals surface area contributed by atoms with E-state index in [1.54, 1.807) is 35.2 Å². The molecular formula is C22H29F2N3O2. The van der Waals surface area contributed by atoms with Gasteiger partial charge in [0.1, 0.15) is 0 Å². The first kappa shape index (κ1) is 20.3. The maximum Gasteiger partial charge on any atom is 0.259 e. The average molecular weight is 405 g/mol. The molecule has 1 aliphatic carbocycles. The molecule has 2 aliphatic heterocycles. The second-order valence-corrected chi connectivity index (χ2v) is 9.07. The minimum absolute atomic E-state index is 0.111. The van der Waals surface area contributed by atoms with Crippen LogP contribution in [0.1, 0.15) is 44.1 Å². The van der Waals surface area contributed by atoms with Crippen molar-refractivity contribution in [3.8, 4) is 0 Å². The van der Waals surface area contributed by atoms with E-state index < -0.39 is 29.8 Å². The molecule has 1 amide bonds. The summed E-state index contributed by atoms with van der Waals surface area (Å²) < 4.78 is 27.9. The molecule has 0 aromatic heterocycles. The van der Waals surface area contributed by atoms with Gasteiger partial charge in [0.25, 0.3) is 5.91 Å². The van der Waals surface area contributed by atoms with Crippen molar-refractivity contribution >= 4 is 12.2 Å². The quantitative estimate of drug-likeness (QED) is 0.597. The Morgan fingerprint density at radius 2 is 1.79 bits per heavy atom. The number of nitrogens with zero attached hydrogens (tertiary/aromatic N) is 2. The van der Waals surface area contributed by atoms with Crippen molar-refractivity contribution in [2.75, 3.05) is 26.2 Å². The van der Waals surface area contributed by atoms with Gasteiger partial charge < -0.3 is 14.9 Å². The molecule has 29 heavy (non-hydrogen) atoms. The number of likely N-dealkylation sites (tertiary alicyclic amines) is 2. The number of carbonyl (C=O) groups excluding carboxylic acids is 1. The second-order valence-electron chi connectivity index (χ2n) is 9.07. The van der Waals surface area contributed by atoms with Gasteiger partial charge in [-0.1, -0.05) is 30.3 Å². The Morgan fingerprint density at radius 3 is 2.34 bits per heavy atom. The summed E-state index contributed by atoms with van der Waals surface area (Å²) in [5.41, 5.74) is -1.40. The van der Waals surface area contributed by atoms with E-state index in [1.807, 2.05) is 4.90 Å². The number of amides is 1. The molecule has 2 saturated heterocycles. The fourth-order valence-corrected chi connectivity index (χ4v) is 5.45. The molecule has 7 heteroatoms. The van der Waals surface area contributed by atoms with E-state index in [1.165, 1.54) is 6.34 Å². The van der Waals surface area contributed by atoms with Crippen LogP contribution in [0.3, 0.4) is 0 Å². The zero-order chi connectivity index (χ0) is 20.7. The van der Waals surface area contributed by atoms with Crippen LogP contribution in [-0.4, -0.2) is 59.3 Å². The Labute approximate surface area is 170 Å². The molecule has 4 rings (SSSR count). The highest BCUT2D eigenvalue weighted by Crippen LogP contribution is 2.49. The molecule has 158 valence electrons. The van der Waals surface area contributed by atoms with Gasteiger partial charge in [-0.3, -0.25) is 10.2 Å². The van der Waals surface area contributed by atoms with Gasteiger partial charge in [0.15, 0.2) is 5.60 Å². The number of benzene rings is 1. The molecule has 2 atom stereocenters. The Hall–Kier alpha value is -2.02.